The molecule has 1 N–H and O–H groups in total. The van der Waals surface area contributed by atoms with Crippen LogP contribution in [0.5, 0.6) is 11.5 Å². The second-order valence-electron chi connectivity index (χ2n) is 5.78. The number of hydrogen-bond donors (Lipinski definition) is 1. The fourth-order valence-electron chi connectivity index (χ4n) is 2.35. The van der Waals surface area contributed by atoms with E-state index in [0.29, 0.717) is 17.1 Å². The van der Waals surface area contributed by atoms with E-state index in [9.17, 15) is 19.7 Å². The molecule has 29 heavy (non-hydrogen) atoms. The minimum atomic E-state index is -1.16. The van der Waals surface area contributed by atoms with Crippen molar-refractivity contribution in [1.29, 1.82) is 0 Å². The minimum Gasteiger partial charge on any atom is -0.497 e. The van der Waals surface area contributed by atoms with Gasteiger partial charge in [-0.1, -0.05) is 12.1 Å². The molecule has 0 bridgehead atoms. The molecule has 2 aromatic rings. The van der Waals surface area contributed by atoms with E-state index in [0.717, 1.165) is 6.08 Å². The van der Waals surface area contributed by atoms with Crippen molar-refractivity contribution in [3.05, 3.63) is 64.2 Å². The first-order valence-corrected chi connectivity index (χ1v) is 8.50. The molecule has 0 heterocycles. The Kier molecular flexibility index (Phi) is 7.30. The molecular formula is C20H20N2O7. The van der Waals surface area contributed by atoms with E-state index in [1.54, 1.807) is 24.3 Å². The minimum absolute atomic E-state index is 0.0175. The second-order valence-corrected chi connectivity index (χ2v) is 5.78. The molecule has 0 saturated heterocycles. The van der Waals surface area contributed by atoms with Crippen LogP contribution >= 0.6 is 0 Å². The predicted octanol–water partition coefficient (Wildman–Crippen LogP) is 3.20. The van der Waals surface area contributed by atoms with E-state index >= 15 is 0 Å². The molecule has 9 nitrogen and oxygen atoms in total. The number of nitro benzene ring substituents is 1. The van der Waals surface area contributed by atoms with Gasteiger partial charge in [0.05, 0.1) is 19.1 Å². The first-order chi connectivity index (χ1) is 13.8. The van der Waals surface area contributed by atoms with Crippen molar-refractivity contribution >= 4 is 29.3 Å². The summed E-state index contributed by atoms with van der Waals surface area (Å²) in [6, 6.07) is 10.7. The monoisotopic (exact) mass is 400 g/mol. The molecule has 0 fully saturated rings. The van der Waals surface area contributed by atoms with Crippen LogP contribution in [0.15, 0.2) is 48.5 Å². The normalized spacial score (nSPS) is 11.6. The molecular weight excluding hydrogens is 380 g/mol. The second kappa shape index (κ2) is 9.88. The van der Waals surface area contributed by atoms with Crippen molar-refractivity contribution in [3.8, 4) is 11.5 Å². The van der Waals surface area contributed by atoms with Crippen molar-refractivity contribution in [3.63, 3.8) is 0 Å². The first kappa shape index (κ1) is 21.4. The molecule has 0 saturated carbocycles. The van der Waals surface area contributed by atoms with Crippen molar-refractivity contribution < 1.29 is 28.7 Å². The van der Waals surface area contributed by atoms with E-state index in [4.69, 9.17) is 14.2 Å². The number of amides is 1. The van der Waals surface area contributed by atoms with E-state index < -0.39 is 22.9 Å². The Labute approximate surface area is 167 Å². The number of rotatable bonds is 8. The summed E-state index contributed by atoms with van der Waals surface area (Å²) in [6.45, 7) is 1.36. The zero-order valence-electron chi connectivity index (χ0n) is 16.1. The Morgan fingerprint density at radius 3 is 2.52 bits per heavy atom. The Hall–Kier alpha value is -3.88. The number of carbonyl (C=O) groups is 2. The Morgan fingerprint density at radius 2 is 1.86 bits per heavy atom. The number of para-hydroxylation sites is 2. The Bertz CT molecular complexity index is 940. The highest BCUT2D eigenvalue weighted by molar-refractivity contribution is 5.98. The lowest BCUT2D eigenvalue weighted by Crippen LogP contribution is -2.29. The topological polar surface area (TPSA) is 117 Å². The molecule has 0 unspecified atom stereocenters. The van der Waals surface area contributed by atoms with Gasteiger partial charge < -0.3 is 19.5 Å². The van der Waals surface area contributed by atoms with E-state index in [1.165, 1.54) is 45.4 Å². The van der Waals surface area contributed by atoms with Crippen molar-refractivity contribution in [2.24, 2.45) is 0 Å². The molecule has 0 aliphatic heterocycles. The van der Waals surface area contributed by atoms with Gasteiger partial charge in [-0.15, -0.1) is 0 Å². The first-order valence-electron chi connectivity index (χ1n) is 8.50. The van der Waals surface area contributed by atoms with Crippen LogP contribution in [0.25, 0.3) is 6.08 Å². The van der Waals surface area contributed by atoms with Gasteiger partial charge in [-0.05, 0) is 31.2 Å². The number of nitrogens with one attached hydrogen (secondary N) is 1. The molecule has 9 heteroatoms. The number of benzene rings is 2. The van der Waals surface area contributed by atoms with Gasteiger partial charge in [0.2, 0.25) is 0 Å². The average Bonchev–Trinajstić information content (AvgIpc) is 2.72. The maximum Gasteiger partial charge on any atom is 0.331 e. The summed E-state index contributed by atoms with van der Waals surface area (Å²) in [6.07, 6.45) is 1.47. The van der Waals surface area contributed by atoms with Gasteiger partial charge >= 0.3 is 5.97 Å². The van der Waals surface area contributed by atoms with Crippen LogP contribution in [0.1, 0.15) is 12.5 Å². The lowest BCUT2D eigenvalue weighted by atomic mass is 10.1. The van der Waals surface area contributed by atoms with Crippen LogP contribution in [0.3, 0.4) is 0 Å². The van der Waals surface area contributed by atoms with Crippen molar-refractivity contribution in [2.75, 3.05) is 19.5 Å². The fraction of sp³-hybridized carbons (Fsp3) is 0.200. The van der Waals surface area contributed by atoms with Gasteiger partial charge in [-0.2, -0.15) is 0 Å². The molecule has 0 aliphatic rings. The number of methoxy groups -OCH3 is 2. The summed E-state index contributed by atoms with van der Waals surface area (Å²) in [5, 5.41) is 13.4. The van der Waals surface area contributed by atoms with E-state index in [2.05, 4.69) is 5.32 Å². The number of nitro groups is 1. The van der Waals surface area contributed by atoms with Crippen LogP contribution in [-0.2, 0) is 14.3 Å². The smallest absolute Gasteiger partial charge is 0.331 e. The lowest BCUT2D eigenvalue weighted by Gasteiger charge is -2.12. The summed E-state index contributed by atoms with van der Waals surface area (Å²) in [5.74, 6) is -0.353. The van der Waals surface area contributed by atoms with Crippen LogP contribution in [0.2, 0.25) is 0 Å². The number of esters is 1. The molecule has 0 aromatic heterocycles. The van der Waals surface area contributed by atoms with Gasteiger partial charge in [0.25, 0.3) is 11.6 Å². The lowest BCUT2D eigenvalue weighted by molar-refractivity contribution is -0.383. The maximum absolute atomic E-state index is 12.2. The molecule has 0 aliphatic carbocycles. The van der Waals surface area contributed by atoms with Crippen LogP contribution in [0.4, 0.5) is 11.4 Å². The number of ether oxygens (including phenoxy) is 3. The Morgan fingerprint density at radius 1 is 1.14 bits per heavy atom. The zero-order chi connectivity index (χ0) is 21.4. The highest BCUT2D eigenvalue weighted by Gasteiger charge is 2.20. The van der Waals surface area contributed by atoms with Gasteiger partial charge in [0.15, 0.2) is 6.10 Å². The summed E-state index contributed by atoms with van der Waals surface area (Å²) in [5.41, 5.74) is 0.372. The van der Waals surface area contributed by atoms with Crippen LogP contribution in [0, 0.1) is 10.1 Å². The average molecular weight is 400 g/mol. The number of carbonyl (C=O) groups excluding carboxylic acids is 2. The molecule has 0 spiro atoms. The van der Waals surface area contributed by atoms with Crippen LogP contribution in [-0.4, -0.2) is 37.1 Å². The van der Waals surface area contributed by atoms with Crippen molar-refractivity contribution in [1.82, 2.24) is 0 Å². The number of nitrogens with zero attached hydrogens (tertiary/aromatic N) is 1. The summed E-state index contributed by atoms with van der Waals surface area (Å²) in [7, 11) is 3.01. The van der Waals surface area contributed by atoms with E-state index in [-0.39, 0.29) is 11.4 Å². The summed E-state index contributed by atoms with van der Waals surface area (Å²) >= 11 is 0. The standard InChI is InChI=1S/C20H20N2O7/c1-13(20(24)21-16-6-4-5-7-17(16)22(25)26)29-19(23)11-9-14-8-10-15(27-2)12-18(14)28-3/h4-13H,1-3H3,(H,21,24)/b11-9+/t13-/m0/s1. The van der Waals surface area contributed by atoms with E-state index in [1.807, 2.05) is 0 Å². The SMILES string of the molecule is COc1ccc(/C=C/C(=O)O[C@@H](C)C(=O)Nc2ccccc2[N+](=O)[O-])c(OC)c1. The zero-order valence-corrected chi connectivity index (χ0v) is 16.1. The van der Waals surface area contributed by atoms with Gasteiger partial charge in [0.1, 0.15) is 17.2 Å². The molecule has 1 amide bonds. The third-order valence-corrected chi connectivity index (χ3v) is 3.86. The quantitative estimate of drug-likeness (QED) is 0.313. The highest BCUT2D eigenvalue weighted by atomic mass is 16.6. The van der Waals surface area contributed by atoms with Gasteiger partial charge in [0, 0.05) is 23.8 Å². The molecule has 0 radical (unpaired) electrons. The van der Waals surface area contributed by atoms with Crippen LogP contribution < -0.4 is 14.8 Å². The summed E-state index contributed by atoms with van der Waals surface area (Å²) in [4.78, 5) is 34.6. The van der Waals surface area contributed by atoms with Gasteiger partial charge in [-0.3, -0.25) is 14.9 Å². The van der Waals surface area contributed by atoms with Crippen molar-refractivity contribution in [2.45, 2.75) is 13.0 Å². The molecule has 2 aromatic carbocycles. The van der Waals surface area contributed by atoms with Gasteiger partial charge in [-0.25, -0.2) is 4.79 Å². The summed E-state index contributed by atoms with van der Waals surface area (Å²) < 4.78 is 15.4. The highest BCUT2D eigenvalue weighted by Crippen LogP contribution is 2.26. The molecule has 152 valence electrons. The largest absolute Gasteiger partial charge is 0.497 e. The Balaban J connectivity index is 2.01. The third-order valence-electron chi connectivity index (χ3n) is 3.86. The molecule has 2 rings (SSSR count). The number of anilines is 1. The number of hydrogen-bond acceptors (Lipinski definition) is 7. The predicted molar refractivity (Wildman–Crippen MR) is 106 cm³/mol. The molecule has 1 atom stereocenters. The fourth-order valence-corrected chi connectivity index (χ4v) is 2.35. The third kappa shape index (κ3) is 5.80. The maximum atomic E-state index is 12.2.